The van der Waals surface area contributed by atoms with Crippen LogP contribution in [0.5, 0.6) is 5.75 Å². The second-order valence-corrected chi connectivity index (χ2v) is 10.3. The number of carbonyl (C=O) groups is 1. The van der Waals surface area contributed by atoms with Crippen molar-refractivity contribution in [2.75, 3.05) is 33.4 Å². The van der Waals surface area contributed by atoms with Crippen molar-refractivity contribution in [2.45, 2.75) is 32.1 Å². The minimum Gasteiger partial charge on any atom is -0.497 e. The number of amides is 1. The number of fused-ring (bicyclic) bond motifs is 1. The number of alkyl halides is 3. The van der Waals surface area contributed by atoms with Gasteiger partial charge in [0, 0.05) is 36.8 Å². The summed E-state index contributed by atoms with van der Waals surface area (Å²) in [4.78, 5) is 22.0. The highest BCUT2D eigenvalue weighted by atomic mass is 32.1. The van der Waals surface area contributed by atoms with Gasteiger partial charge in [-0.2, -0.15) is 29.6 Å². The van der Waals surface area contributed by atoms with E-state index in [2.05, 4.69) is 15.0 Å². The highest BCUT2D eigenvalue weighted by Crippen LogP contribution is 2.37. The van der Waals surface area contributed by atoms with Crippen LogP contribution in [0.3, 0.4) is 0 Å². The maximum atomic E-state index is 14.3. The maximum absolute atomic E-state index is 14.3. The summed E-state index contributed by atoms with van der Waals surface area (Å²) in [6.07, 6.45) is -3.56. The summed E-state index contributed by atoms with van der Waals surface area (Å²) < 4.78 is 48.7. The van der Waals surface area contributed by atoms with E-state index in [0.717, 1.165) is 16.3 Å². The van der Waals surface area contributed by atoms with E-state index in [1.54, 1.807) is 40.5 Å². The Morgan fingerprint density at radius 2 is 1.97 bits per heavy atom. The van der Waals surface area contributed by atoms with Crippen LogP contribution in [0.1, 0.15) is 40.1 Å². The monoisotopic (exact) mass is 559 g/mol. The van der Waals surface area contributed by atoms with Gasteiger partial charge in [0.25, 0.3) is 5.91 Å². The first-order chi connectivity index (χ1) is 18.6. The summed E-state index contributed by atoms with van der Waals surface area (Å²) in [5, 5.41) is 17.9. The van der Waals surface area contributed by atoms with Crippen LogP contribution in [0.25, 0.3) is 16.9 Å². The zero-order valence-electron chi connectivity index (χ0n) is 21.6. The molecule has 0 spiro atoms. The molecule has 1 aliphatic rings. The highest BCUT2D eigenvalue weighted by molar-refractivity contribution is 7.08. The van der Waals surface area contributed by atoms with E-state index in [4.69, 9.17) is 4.74 Å². The summed E-state index contributed by atoms with van der Waals surface area (Å²) in [6, 6.07) is 8.10. The van der Waals surface area contributed by atoms with E-state index in [1.165, 1.54) is 14.0 Å². The van der Waals surface area contributed by atoms with Crippen molar-refractivity contribution < 1.29 is 27.8 Å². The van der Waals surface area contributed by atoms with Crippen molar-refractivity contribution in [3.05, 3.63) is 69.7 Å². The lowest BCUT2D eigenvalue weighted by Gasteiger charge is -2.42. The van der Waals surface area contributed by atoms with Gasteiger partial charge in [0.15, 0.2) is 11.3 Å². The van der Waals surface area contributed by atoms with Crippen LogP contribution in [0.15, 0.2) is 47.3 Å². The quantitative estimate of drug-likeness (QED) is 0.370. The Labute approximate surface area is 227 Å². The predicted octanol–water partition coefficient (Wildman–Crippen LogP) is 4.67. The topological polar surface area (TPSA) is 83.2 Å². The molecule has 1 saturated heterocycles. The lowest BCUT2D eigenvalue weighted by Crippen LogP contribution is -2.55. The third-order valence-corrected chi connectivity index (χ3v) is 7.91. The number of hydrogen-bond acceptors (Lipinski definition) is 7. The molecule has 1 amide bonds. The minimum atomic E-state index is -4.72. The number of nitrogens with zero attached hydrogens (tertiary/aromatic N) is 5. The zero-order valence-corrected chi connectivity index (χ0v) is 22.5. The SMILES string of the molecule is COc1ccc(-c2nc3c(C(=O)N4CCN([C@@H](CO)c5ccsc5)C[C@H]4C)cnn3c(C(F)(F)F)c2C)cc1. The van der Waals surface area contributed by atoms with Crippen molar-refractivity contribution in [1.82, 2.24) is 24.4 Å². The molecule has 1 N–H and O–H groups in total. The van der Waals surface area contributed by atoms with E-state index >= 15 is 0 Å². The number of thiophene rings is 1. The number of piperazine rings is 1. The minimum absolute atomic E-state index is 0.00658. The first-order valence-electron chi connectivity index (χ1n) is 12.4. The van der Waals surface area contributed by atoms with Crippen LogP contribution >= 0.6 is 11.3 Å². The van der Waals surface area contributed by atoms with Gasteiger partial charge in [0.05, 0.1) is 31.6 Å². The number of aliphatic hydroxyl groups is 1. The number of benzene rings is 1. The number of hydrogen-bond donors (Lipinski definition) is 1. The normalized spacial score (nSPS) is 17.5. The summed E-state index contributed by atoms with van der Waals surface area (Å²) in [7, 11) is 1.50. The second kappa shape index (κ2) is 10.6. The second-order valence-electron chi connectivity index (χ2n) is 9.55. The van der Waals surface area contributed by atoms with Gasteiger partial charge in [-0.05, 0) is 60.5 Å². The predicted molar refractivity (Wildman–Crippen MR) is 141 cm³/mol. The largest absolute Gasteiger partial charge is 0.497 e. The van der Waals surface area contributed by atoms with Crippen molar-refractivity contribution in [3.8, 4) is 17.0 Å². The summed E-state index contributed by atoms with van der Waals surface area (Å²) >= 11 is 1.55. The molecule has 1 fully saturated rings. The van der Waals surface area contributed by atoms with Crippen LogP contribution in [0, 0.1) is 6.92 Å². The van der Waals surface area contributed by atoms with Crippen LogP contribution < -0.4 is 4.74 Å². The fourth-order valence-corrected chi connectivity index (χ4v) is 5.92. The van der Waals surface area contributed by atoms with Crippen LogP contribution in [-0.2, 0) is 6.18 Å². The van der Waals surface area contributed by atoms with Gasteiger partial charge in [-0.15, -0.1) is 0 Å². The lowest BCUT2D eigenvalue weighted by molar-refractivity contribution is -0.143. The third-order valence-electron chi connectivity index (χ3n) is 7.21. The number of halogens is 3. The standard InChI is InChI=1S/C27H28F3N5O3S/c1-16-13-33(22(14-36)19-8-11-39-15-19)9-10-34(16)26(37)21-12-31-35-24(27(28,29)30)17(2)23(32-25(21)35)18-4-6-20(38-3)7-5-18/h4-8,11-12,15-16,22,36H,9-10,13-14H2,1-3H3/t16-,22+/m1/s1. The highest BCUT2D eigenvalue weighted by Gasteiger charge is 2.39. The van der Waals surface area contributed by atoms with E-state index in [-0.39, 0.29) is 41.2 Å². The molecule has 0 saturated carbocycles. The fraction of sp³-hybridized carbons (Fsp3) is 0.370. The number of ether oxygens (including phenoxy) is 1. The molecule has 3 aromatic heterocycles. The van der Waals surface area contributed by atoms with Crippen molar-refractivity contribution in [2.24, 2.45) is 0 Å². The van der Waals surface area contributed by atoms with Gasteiger partial charge in [0.1, 0.15) is 11.3 Å². The molecule has 39 heavy (non-hydrogen) atoms. The van der Waals surface area contributed by atoms with E-state index in [0.29, 0.717) is 30.9 Å². The molecule has 206 valence electrons. The number of methoxy groups -OCH3 is 1. The molecule has 4 heterocycles. The molecule has 0 bridgehead atoms. The van der Waals surface area contributed by atoms with Gasteiger partial charge in [-0.25, -0.2) is 9.50 Å². The molecular weight excluding hydrogens is 531 g/mol. The molecule has 0 unspecified atom stereocenters. The lowest BCUT2D eigenvalue weighted by atomic mass is 10.0. The Kier molecular flexibility index (Phi) is 7.36. The molecule has 5 rings (SSSR count). The molecule has 0 radical (unpaired) electrons. The first kappa shape index (κ1) is 27.1. The van der Waals surface area contributed by atoms with Crippen LogP contribution in [0.2, 0.25) is 0 Å². The van der Waals surface area contributed by atoms with E-state index in [1.807, 2.05) is 23.8 Å². The third kappa shape index (κ3) is 4.99. The van der Waals surface area contributed by atoms with Gasteiger partial charge in [0.2, 0.25) is 0 Å². The molecule has 2 atom stereocenters. The van der Waals surface area contributed by atoms with Crippen molar-refractivity contribution in [3.63, 3.8) is 0 Å². The van der Waals surface area contributed by atoms with E-state index in [9.17, 15) is 23.1 Å². The zero-order chi connectivity index (χ0) is 27.9. The Balaban J connectivity index is 1.50. The summed E-state index contributed by atoms with van der Waals surface area (Å²) in [6.45, 7) is 4.55. The van der Waals surface area contributed by atoms with Gasteiger partial charge in [-0.3, -0.25) is 9.69 Å². The Hall–Kier alpha value is -3.48. The fourth-order valence-electron chi connectivity index (χ4n) is 5.21. The van der Waals surface area contributed by atoms with Gasteiger partial charge >= 0.3 is 6.18 Å². The Morgan fingerprint density at radius 1 is 1.23 bits per heavy atom. The maximum Gasteiger partial charge on any atom is 0.433 e. The number of carbonyl (C=O) groups excluding carboxylic acids is 1. The Bertz CT molecular complexity index is 1470. The number of aliphatic hydroxyl groups excluding tert-OH is 1. The number of aromatic nitrogens is 3. The Morgan fingerprint density at radius 3 is 2.56 bits per heavy atom. The van der Waals surface area contributed by atoms with Gasteiger partial charge in [-0.1, -0.05) is 0 Å². The molecular formula is C27H28F3N5O3S. The van der Waals surface area contributed by atoms with E-state index < -0.39 is 17.8 Å². The molecule has 0 aliphatic carbocycles. The molecule has 1 aromatic carbocycles. The first-order valence-corrected chi connectivity index (χ1v) is 13.4. The van der Waals surface area contributed by atoms with Crippen molar-refractivity contribution in [1.29, 1.82) is 0 Å². The average Bonchev–Trinajstić information content (AvgIpc) is 3.58. The smallest absolute Gasteiger partial charge is 0.433 e. The van der Waals surface area contributed by atoms with Crippen LogP contribution in [-0.4, -0.2) is 74.8 Å². The summed E-state index contributed by atoms with van der Waals surface area (Å²) in [5.41, 5.74) is 0.390. The van der Waals surface area contributed by atoms with Crippen molar-refractivity contribution >= 4 is 22.9 Å². The average molecular weight is 560 g/mol. The molecule has 12 heteroatoms. The van der Waals surface area contributed by atoms with Crippen LogP contribution in [0.4, 0.5) is 13.2 Å². The molecule has 4 aromatic rings. The number of rotatable bonds is 6. The molecule has 1 aliphatic heterocycles. The van der Waals surface area contributed by atoms with Gasteiger partial charge < -0.3 is 14.7 Å². The summed E-state index contributed by atoms with van der Waals surface area (Å²) in [5.74, 6) is 0.128. The molecule has 8 nitrogen and oxygen atoms in total.